The molecular weight excluding hydrogens is 230 g/mol. The third-order valence-corrected chi connectivity index (χ3v) is 2.72. The largest absolute Gasteiger partial charge is 0.465 e. The molecule has 0 radical (unpaired) electrons. The summed E-state index contributed by atoms with van der Waals surface area (Å²) in [4.78, 5) is 11.7. The maximum Gasteiger partial charge on any atom is 0.323 e. The van der Waals surface area contributed by atoms with Crippen molar-refractivity contribution >= 4 is 5.97 Å². The Morgan fingerprint density at radius 2 is 1.89 bits per heavy atom. The predicted molar refractivity (Wildman–Crippen MR) is 73.7 cm³/mol. The highest BCUT2D eigenvalue weighted by molar-refractivity contribution is 5.75. The van der Waals surface area contributed by atoms with Crippen molar-refractivity contribution in [3.8, 4) is 0 Å². The maximum absolute atomic E-state index is 11.7. The summed E-state index contributed by atoms with van der Waals surface area (Å²) in [6, 6.07) is -0.237. The second-order valence-corrected chi connectivity index (χ2v) is 4.52. The fourth-order valence-electron chi connectivity index (χ4n) is 1.74. The van der Waals surface area contributed by atoms with Gasteiger partial charge in [-0.05, 0) is 39.7 Å². The molecule has 0 spiro atoms. The van der Waals surface area contributed by atoms with Gasteiger partial charge in [0.25, 0.3) is 0 Å². The van der Waals surface area contributed by atoms with E-state index in [-0.39, 0.29) is 18.1 Å². The van der Waals surface area contributed by atoms with E-state index < -0.39 is 0 Å². The molecule has 0 aromatic heterocycles. The van der Waals surface area contributed by atoms with Gasteiger partial charge in [-0.15, -0.1) is 0 Å². The first-order chi connectivity index (χ1) is 8.65. The lowest BCUT2D eigenvalue weighted by Crippen LogP contribution is -2.39. The SMILES string of the molecule is CCCNC(CCOC(C)CCC)C(=O)OCC. The van der Waals surface area contributed by atoms with E-state index in [2.05, 4.69) is 26.1 Å². The van der Waals surface area contributed by atoms with Crippen molar-refractivity contribution in [2.45, 2.75) is 65.5 Å². The molecule has 0 saturated heterocycles. The van der Waals surface area contributed by atoms with Crippen LogP contribution in [-0.4, -0.2) is 37.9 Å². The molecule has 0 saturated carbocycles. The highest BCUT2D eigenvalue weighted by Gasteiger charge is 2.18. The van der Waals surface area contributed by atoms with Crippen molar-refractivity contribution in [2.75, 3.05) is 19.8 Å². The van der Waals surface area contributed by atoms with E-state index in [1.165, 1.54) is 0 Å². The lowest BCUT2D eigenvalue weighted by Gasteiger charge is -2.18. The van der Waals surface area contributed by atoms with Crippen molar-refractivity contribution in [3.05, 3.63) is 0 Å². The number of rotatable bonds is 11. The highest BCUT2D eigenvalue weighted by atomic mass is 16.5. The molecule has 0 aliphatic carbocycles. The zero-order valence-electron chi connectivity index (χ0n) is 12.3. The smallest absolute Gasteiger partial charge is 0.323 e. The van der Waals surface area contributed by atoms with Gasteiger partial charge in [-0.25, -0.2) is 0 Å². The Balaban J connectivity index is 3.95. The zero-order chi connectivity index (χ0) is 13.8. The Morgan fingerprint density at radius 1 is 1.17 bits per heavy atom. The molecule has 0 aliphatic rings. The lowest BCUT2D eigenvalue weighted by atomic mass is 10.2. The number of ether oxygens (including phenoxy) is 2. The maximum atomic E-state index is 11.7. The lowest BCUT2D eigenvalue weighted by molar-refractivity contribution is -0.146. The first-order valence-corrected chi connectivity index (χ1v) is 7.17. The number of nitrogens with one attached hydrogen (secondary N) is 1. The topological polar surface area (TPSA) is 47.6 Å². The normalized spacial score (nSPS) is 14.2. The minimum Gasteiger partial charge on any atom is -0.465 e. The van der Waals surface area contributed by atoms with Gasteiger partial charge in [0, 0.05) is 6.61 Å². The van der Waals surface area contributed by atoms with Crippen molar-refractivity contribution in [1.29, 1.82) is 0 Å². The molecule has 0 aliphatic heterocycles. The molecule has 0 aromatic rings. The number of carbonyl (C=O) groups is 1. The Hall–Kier alpha value is -0.610. The molecule has 0 heterocycles. The fourth-order valence-corrected chi connectivity index (χ4v) is 1.74. The molecule has 2 atom stereocenters. The molecule has 1 N–H and O–H groups in total. The third kappa shape index (κ3) is 8.48. The number of esters is 1. The summed E-state index contributed by atoms with van der Waals surface area (Å²) in [7, 11) is 0. The summed E-state index contributed by atoms with van der Waals surface area (Å²) >= 11 is 0. The van der Waals surface area contributed by atoms with Crippen LogP contribution in [0.2, 0.25) is 0 Å². The summed E-state index contributed by atoms with van der Waals surface area (Å²) in [6.07, 6.45) is 4.13. The molecule has 0 rings (SSSR count). The quantitative estimate of drug-likeness (QED) is 0.579. The van der Waals surface area contributed by atoms with E-state index in [1.54, 1.807) is 0 Å². The first kappa shape index (κ1) is 17.4. The highest BCUT2D eigenvalue weighted by Crippen LogP contribution is 2.04. The van der Waals surface area contributed by atoms with Crippen LogP contribution in [0.1, 0.15) is 53.4 Å². The third-order valence-electron chi connectivity index (χ3n) is 2.72. The van der Waals surface area contributed by atoms with Gasteiger partial charge in [0.1, 0.15) is 6.04 Å². The van der Waals surface area contributed by atoms with Gasteiger partial charge >= 0.3 is 5.97 Å². The van der Waals surface area contributed by atoms with Crippen molar-refractivity contribution in [3.63, 3.8) is 0 Å². The summed E-state index contributed by atoms with van der Waals surface area (Å²) in [5.41, 5.74) is 0. The Kier molecular flexibility index (Phi) is 11.1. The summed E-state index contributed by atoms with van der Waals surface area (Å²) in [6.45, 7) is 9.97. The molecule has 4 heteroatoms. The van der Waals surface area contributed by atoms with Gasteiger partial charge in [0.15, 0.2) is 0 Å². The van der Waals surface area contributed by atoms with E-state index in [0.717, 1.165) is 25.8 Å². The average Bonchev–Trinajstić information content (AvgIpc) is 2.34. The van der Waals surface area contributed by atoms with E-state index in [4.69, 9.17) is 9.47 Å². The number of hydrogen-bond acceptors (Lipinski definition) is 4. The Labute approximate surface area is 111 Å². The first-order valence-electron chi connectivity index (χ1n) is 7.17. The van der Waals surface area contributed by atoms with Crippen LogP contribution in [0.3, 0.4) is 0 Å². The number of carbonyl (C=O) groups excluding carboxylic acids is 1. The van der Waals surface area contributed by atoms with E-state index in [9.17, 15) is 4.79 Å². The standard InChI is InChI=1S/C14H29NO3/c1-5-8-12(4)18-11-9-13(15-10-6-2)14(16)17-7-3/h12-13,15H,5-11H2,1-4H3. The van der Waals surface area contributed by atoms with Gasteiger partial charge < -0.3 is 14.8 Å². The molecule has 0 aromatic carbocycles. The summed E-state index contributed by atoms with van der Waals surface area (Å²) in [5.74, 6) is -0.169. The minimum absolute atomic E-state index is 0.169. The van der Waals surface area contributed by atoms with Crippen LogP contribution in [0.4, 0.5) is 0 Å². The predicted octanol–water partition coefficient (Wildman–Crippen LogP) is 2.51. The zero-order valence-corrected chi connectivity index (χ0v) is 12.3. The van der Waals surface area contributed by atoms with Crippen molar-refractivity contribution < 1.29 is 14.3 Å². The van der Waals surface area contributed by atoms with Crippen LogP contribution in [0.25, 0.3) is 0 Å². The minimum atomic E-state index is -0.237. The second kappa shape index (κ2) is 11.5. The second-order valence-electron chi connectivity index (χ2n) is 4.52. The molecule has 18 heavy (non-hydrogen) atoms. The Bertz CT molecular complexity index is 209. The molecule has 108 valence electrons. The molecule has 4 nitrogen and oxygen atoms in total. The van der Waals surface area contributed by atoms with Crippen LogP contribution >= 0.6 is 0 Å². The van der Waals surface area contributed by atoms with Gasteiger partial charge in [0.05, 0.1) is 12.7 Å². The van der Waals surface area contributed by atoms with Crippen LogP contribution in [0.15, 0.2) is 0 Å². The van der Waals surface area contributed by atoms with E-state index >= 15 is 0 Å². The summed E-state index contributed by atoms with van der Waals surface area (Å²) < 4.78 is 10.7. The van der Waals surface area contributed by atoms with Gasteiger partial charge in [-0.3, -0.25) is 4.79 Å². The monoisotopic (exact) mass is 259 g/mol. The molecule has 0 fully saturated rings. The molecular formula is C14H29NO3. The molecule has 2 unspecified atom stereocenters. The van der Waals surface area contributed by atoms with E-state index in [1.807, 2.05) is 6.92 Å². The van der Waals surface area contributed by atoms with Crippen molar-refractivity contribution in [2.24, 2.45) is 0 Å². The van der Waals surface area contributed by atoms with Crippen molar-refractivity contribution in [1.82, 2.24) is 5.32 Å². The van der Waals surface area contributed by atoms with Gasteiger partial charge in [0.2, 0.25) is 0 Å². The van der Waals surface area contributed by atoms with Crippen LogP contribution in [0.5, 0.6) is 0 Å². The van der Waals surface area contributed by atoms with Crippen LogP contribution in [-0.2, 0) is 14.3 Å². The fraction of sp³-hybridized carbons (Fsp3) is 0.929. The van der Waals surface area contributed by atoms with Crippen LogP contribution in [0, 0.1) is 0 Å². The Morgan fingerprint density at radius 3 is 2.44 bits per heavy atom. The van der Waals surface area contributed by atoms with E-state index in [0.29, 0.717) is 19.6 Å². The summed E-state index contributed by atoms with van der Waals surface area (Å²) in [5, 5.41) is 3.21. The number of hydrogen-bond donors (Lipinski definition) is 1. The van der Waals surface area contributed by atoms with Gasteiger partial charge in [-0.1, -0.05) is 20.3 Å². The van der Waals surface area contributed by atoms with Crippen LogP contribution < -0.4 is 5.32 Å². The molecule has 0 amide bonds. The average molecular weight is 259 g/mol. The van der Waals surface area contributed by atoms with Gasteiger partial charge in [-0.2, -0.15) is 0 Å². The molecule has 0 bridgehead atoms.